The van der Waals surface area contributed by atoms with Crippen molar-refractivity contribution in [3.8, 4) is 0 Å². The average Bonchev–Trinajstić information content (AvgIpc) is 2.66. The van der Waals surface area contributed by atoms with Gasteiger partial charge in [0.2, 0.25) is 10.0 Å². The fourth-order valence-corrected chi connectivity index (χ4v) is 7.11. The number of ether oxygens (including phenoxy) is 1. The molecule has 2 amide bonds. The average molecular weight is 451 g/mol. The molecular formula is C22H34N4O4S. The molecule has 9 heteroatoms. The number of nitrogens with zero attached hydrogens (tertiary/aromatic N) is 4. The second-order valence-corrected chi connectivity index (χ2v) is 12.5. The van der Waals surface area contributed by atoms with Crippen LogP contribution in [0.25, 0.3) is 0 Å². The van der Waals surface area contributed by atoms with Crippen LogP contribution < -0.4 is 0 Å². The van der Waals surface area contributed by atoms with E-state index in [0.717, 1.165) is 12.8 Å². The van der Waals surface area contributed by atoms with Crippen LogP contribution in [0.2, 0.25) is 0 Å². The highest BCUT2D eigenvalue weighted by Gasteiger charge is 2.51. The van der Waals surface area contributed by atoms with Crippen molar-refractivity contribution in [3.05, 3.63) is 30.1 Å². The van der Waals surface area contributed by atoms with Crippen molar-refractivity contribution in [1.82, 2.24) is 19.1 Å². The second-order valence-electron chi connectivity index (χ2n) is 10.3. The van der Waals surface area contributed by atoms with Gasteiger partial charge in [0.25, 0.3) is 0 Å². The number of sulfonamides is 1. The number of hydrogen-bond acceptors (Lipinski definition) is 5. The van der Waals surface area contributed by atoms with Crippen molar-refractivity contribution >= 4 is 16.1 Å². The van der Waals surface area contributed by atoms with Gasteiger partial charge in [-0.15, -0.1) is 0 Å². The third kappa shape index (κ3) is 4.19. The van der Waals surface area contributed by atoms with Crippen molar-refractivity contribution in [1.29, 1.82) is 0 Å². The highest BCUT2D eigenvalue weighted by atomic mass is 32.2. The van der Waals surface area contributed by atoms with Crippen molar-refractivity contribution in [3.63, 3.8) is 0 Å². The minimum atomic E-state index is -3.40. The number of carbonyl (C=O) groups is 1. The molecular weight excluding hydrogens is 416 g/mol. The molecule has 0 saturated carbocycles. The summed E-state index contributed by atoms with van der Waals surface area (Å²) < 4.78 is 33.6. The predicted octanol–water partition coefficient (Wildman–Crippen LogP) is 2.28. The van der Waals surface area contributed by atoms with Crippen molar-refractivity contribution in [2.24, 2.45) is 0 Å². The van der Waals surface area contributed by atoms with E-state index >= 15 is 0 Å². The Bertz CT molecular complexity index is 889. The standard InChI is InChI=1S/C22H34N4O4S/c1-21(2)15-30-16-22(3,4)26(21)20(27)24-13-19(14-24)31(28,29)25-11-7-18(8-12-25)17-5-9-23-10-6-17/h5-6,9-10,18-19H,7-8,11-16H2,1-4H3. The lowest BCUT2D eigenvalue weighted by Gasteiger charge is -2.55. The normalized spacial score (nSPS) is 25.3. The molecule has 1 aromatic heterocycles. The van der Waals surface area contributed by atoms with Crippen LogP contribution in [-0.2, 0) is 14.8 Å². The Balaban J connectivity index is 1.35. The lowest BCUT2D eigenvalue weighted by molar-refractivity contribution is -0.107. The molecule has 31 heavy (non-hydrogen) atoms. The van der Waals surface area contributed by atoms with Crippen LogP contribution in [0.1, 0.15) is 52.0 Å². The molecule has 4 rings (SSSR count). The maximum absolute atomic E-state index is 13.2. The Morgan fingerprint density at radius 1 is 1.03 bits per heavy atom. The summed E-state index contributed by atoms with van der Waals surface area (Å²) in [5.74, 6) is 0.375. The first-order chi connectivity index (χ1) is 14.5. The second kappa shape index (κ2) is 8.01. The molecule has 0 radical (unpaired) electrons. The Hall–Kier alpha value is -1.71. The summed E-state index contributed by atoms with van der Waals surface area (Å²) in [5.41, 5.74) is 0.359. The van der Waals surface area contributed by atoms with Gasteiger partial charge in [0, 0.05) is 38.6 Å². The zero-order chi connectivity index (χ0) is 22.4. The largest absolute Gasteiger partial charge is 0.377 e. The number of amides is 2. The maximum atomic E-state index is 13.2. The monoisotopic (exact) mass is 450 g/mol. The summed E-state index contributed by atoms with van der Waals surface area (Å²) in [5, 5.41) is -0.513. The lowest BCUT2D eigenvalue weighted by Crippen LogP contribution is -2.71. The van der Waals surface area contributed by atoms with E-state index in [2.05, 4.69) is 4.98 Å². The van der Waals surface area contributed by atoms with Gasteiger partial charge in [0.05, 0.1) is 24.3 Å². The van der Waals surface area contributed by atoms with Crippen molar-refractivity contribution in [2.75, 3.05) is 39.4 Å². The number of carbonyl (C=O) groups excluding carboxylic acids is 1. The molecule has 3 fully saturated rings. The molecule has 0 bridgehead atoms. The fraction of sp³-hybridized carbons (Fsp3) is 0.727. The van der Waals surface area contributed by atoms with Crippen LogP contribution in [0.3, 0.4) is 0 Å². The number of pyridine rings is 1. The zero-order valence-corrected chi connectivity index (χ0v) is 19.8. The molecule has 3 aliphatic rings. The SMILES string of the molecule is CC1(C)COCC(C)(C)N1C(=O)N1CC(S(=O)(=O)N2CCC(c3ccncc3)CC2)C1. The van der Waals surface area contributed by atoms with E-state index in [-0.39, 0.29) is 19.1 Å². The van der Waals surface area contributed by atoms with Crippen molar-refractivity contribution < 1.29 is 17.9 Å². The number of likely N-dealkylation sites (tertiary alicyclic amines) is 1. The van der Waals surface area contributed by atoms with Crippen LogP contribution >= 0.6 is 0 Å². The van der Waals surface area contributed by atoms with E-state index in [4.69, 9.17) is 4.74 Å². The minimum Gasteiger partial charge on any atom is -0.377 e. The highest BCUT2D eigenvalue weighted by molar-refractivity contribution is 7.89. The minimum absolute atomic E-state index is 0.0962. The number of morpholine rings is 1. The quantitative estimate of drug-likeness (QED) is 0.706. The molecule has 8 nitrogen and oxygen atoms in total. The molecule has 172 valence electrons. The Labute approximate surface area is 185 Å². The van der Waals surface area contributed by atoms with Gasteiger partial charge < -0.3 is 14.5 Å². The van der Waals surface area contributed by atoms with E-state index < -0.39 is 26.4 Å². The molecule has 0 spiro atoms. The Morgan fingerprint density at radius 3 is 2.13 bits per heavy atom. The molecule has 0 N–H and O–H groups in total. The molecule has 3 saturated heterocycles. The number of hydrogen-bond donors (Lipinski definition) is 0. The third-order valence-electron chi connectivity index (χ3n) is 6.84. The number of aromatic nitrogens is 1. The van der Waals surface area contributed by atoms with Gasteiger partial charge in [-0.1, -0.05) is 0 Å². The zero-order valence-electron chi connectivity index (χ0n) is 19.0. The van der Waals surface area contributed by atoms with Crippen LogP contribution in [0, 0.1) is 0 Å². The Morgan fingerprint density at radius 2 is 1.58 bits per heavy atom. The molecule has 3 aliphatic heterocycles. The van der Waals surface area contributed by atoms with E-state index in [1.807, 2.05) is 44.7 Å². The molecule has 0 aliphatic carbocycles. The van der Waals surface area contributed by atoms with Gasteiger partial charge in [0.1, 0.15) is 5.25 Å². The topological polar surface area (TPSA) is 83.0 Å². The van der Waals surface area contributed by atoms with Crippen LogP contribution in [0.15, 0.2) is 24.5 Å². The molecule has 0 atom stereocenters. The number of piperidine rings is 1. The first kappa shape index (κ1) is 22.5. The fourth-order valence-electron chi connectivity index (χ4n) is 5.23. The van der Waals surface area contributed by atoms with E-state index in [0.29, 0.717) is 32.2 Å². The lowest BCUT2D eigenvalue weighted by atomic mass is 9.91. The number of urea groups is 1. The third-order valence-corrected chi connectivity index (χ3v) is 9.07. The van der Waals surface area contributed by atoms with Gasteiger partial charge in [0.15, 0.2) is 0 Å². The summed E-state index contributed by atoms with van der Waals surface area (Å²) in [4.78, 5) is 20.8. The highest BCUT2D eigenvalue weighted by Crippen LogP contribution is 2.35. The van der Waals surface area contributed by atoms with Gasteiger partial charge in [-0.3, -0.25) is 4.98 Å². The molecule has 0 unspecified atom stereocenters. The Kier molecular flexibility index (Phi) is 5.81. The first-order valence-electron chi connectivity index (χ1n) is 11.1. The summed E-state index contributed by atoms with van der Waals surface area (Å²) in [7, 11) is -3.40. The predicted molar refractivity (Wildman–Crippen MR) is 118 cm³/mol. The van der Waals surface area contributed by atoms with Gasteiger partial charge in [-0.2, -0.15) is 0 Å². The molecule has 4 heterocycles. The smallest absolute Gasteiger partial charge is 0.321 e. The van der Waals surface area contributed by atoms with E-state index in [1.54, 1.807) is 21.6 Å². The summed E-state index contributed by atoms with van der Waals surface area (Å²) in [6.07, 6.45) is 5.20. The number of rotatable bonds is 3. The van der Waals surface area contributed by atoms with E-state index in [1.165, 1.54) is 5.56 Å². The summed E-state index contributed by atoms with van der Waals surface area (Å²) in [6, 6.07) is 3.93. The van der Waals surface area contributed by atoms with Crippen LogP contribution in [-0.4, -0.2) is 89.3 Å². The van der Waals surface area contributed by atoms with Gasteiger partial charge >= 0.3 is 6.03 Å². The molecule has 0 aromatic carbocycles. The first-order valence-corrected chi connectivity index (χ1v) is 12.6. The maximum Gasteiger partial charge on any atom is 0.321 e. The summed E-state index contributed by atoms with van der Waals surface area (Å²) >= 11 is 0. The van der Waals surface area contributed by atoms with E-state index in [9.17, 15) is 13.2 Å². The van der Waals surface area contributed by atoms with Gasteiger partial charge in [-0.25, -0.2) is 17.5 Å². The van der Waals surface area contributed by atoms with Gasteiger partial charge in [-0.05, 0) is 64.2 Å². The van der Waals surface area contributed by atoms with Crippen LogP contribution in [0.4, 0.5) is 4.79 Å². The summed E-state index contributed by atoms with van der Waals surface area (Å²) in [6.45, 7) is 10.5. The molecule has 1 aromatic rings. The van der Waals surface area contributed by atoms with Crippen LogP contribution in [0.5, 0.6) is 0 Å². The van der Waals surface area contributed by atoms with Crippen molar-refractivity contribution in [2.45, 2.75) is 62.8 Å².